The predicted octanol–water partition coefficient (Wildman–Crippen LogP) is 8.64. The molecule has 0 fully saturated rings. The molecule has 7 heteroatoms. The topological polar surface area (TPSA) is 75.7 Å². The lowest BCUT2D eigenvalue weighted by Gasteiger charge is -2.35. The van der Waals surface area contributed by atoms with Gasteiger partial charge in [-0.2, -0.15) is 0 Å². The Labute approximate surface area is 268 Å². The van der Waals surface area contributed by atoms with Crippen LogP contribution in [0.4, 0.5) is 11.4 Å². The van der Waals surface area contributed by atoms with Gasteiger partial charge in [0.1, 0.15) is 0 Å². The van der Waals surface area contributed by atoms with Crippen LogP contribution in [-0.2, 0) is 14.9 Å². The Morgan fingerprint density at radius 2 is 1.49 bits per heavy atom. The number of allylic oxidation sites excluding steroid dienone is 1. The number of Topliss-reactive ketones (excluding diaryl/α,β-unsaturated/α-hetero) is 1. The number of ether oxygens (including phenoxy) is 1. The van der Waals surface area contributed by atoms with Crippen molar-refractivity contribution in [2.75, 3.05) is 17.3 Å². The first-order valence-corrected chi connectivity index (χ1v) is 15.4. The van der Waals surface area contributed by atoms with Crippen molar-refractivity contribution >= 4 is 40.6 Å². The predicted molar refractivity (Wildman–Crippen MR) is 178 cm³/mol. The van der Waals surface area contributed by atoms with Crippen LogP contribution < -0.4 is 10.2 Å². The van der Waals surface area contributed by atoms with Gasteiger partial charge < -0.3 is 10.1 Å². The molecule has 0 aromatic heterocycles. The second-order valence-electron chi connectivity index (χ2n) is 12.6. The molecule has 1 heterocycles. The molecule has 2 atom stereocenters. The average molecular weight is 619 g/mol. The minimum atomic E-state index is -0.775. The van der Waals surface area contributed by atoms with Gasteiger partial charge in [-0.05, 0) is 70.8 Å². The first kappa shape index (κ1) is 30.4. The molecule has 4 aromatic rings. The molecule has 1 aliphatic heterocycles. The molecule has 2 aliphatic rings. The van der Waals surface area contributed by atoms with E-state index in [-0.39, 0.29) is 23.0 Å². The van der Waals surface area contributed by atoms with Crippen LogP contribution in [0.3, 0.4) is 0 Å². The number of ketones is 1. The highest BCUT2D eigenvalue weighted by Crippen LogP contribution is 2.48. The number of methoxy groups -OCH3 is 1. The van der Waals surface area contributed by atoms with E-state index in [2.05, 4.69) is 50.4 Å². The Kier molecular flexibility index (Phi) is 8.10. The number of esters is 1. The summed E-state index contributed by atoms with van der Waals surface area (Å²) in [5, 5.41) is 3.89. The van der Waals surface area contributed by atoms with Crippen molar-refractivity contribution in [1.82, 2.24) is 0 Å². The van der Waals surface area contributed by atoms with Crippen molar-refractivity contribution in [3.8, 4) is 0 Å². The Bertz CT molecular complexity index is 1820. The molecule has 4 aromatic carbocycles. The zero-order valence-corrected chi connectivity index (χ0v) is 26.5. The van der Waals surface area contributed by atoms with Crippen molar-refractivity contribution in [2.45, 2.75) is 51.0 Å². The molecule has 6 nitrogen and oxygen atoms in total. The maximum Gasteiger partial charge on any atom is 0.337 e. The summed E-state index contributed by atoms with van der Waals surface area (Å²) in [6, 6.07) is 29.2. The number of para-hydroxylation sites is 2. The second kappa shape index (κ2) is 12.0. The number of hydrogen-bond acceptors (Lipinski definition) is 5. The van der Waals surface area contributed by atoms with E-state index in [0.717, 1.165) is 16.9 Å². The molecule has 1 N–H and O–H groups in total. The second-order valence-corrected chi connectivity index (χ2v) is 13.0. The number of fused-ring (bicyclic) bond motifs is 1. The highest BCUT2D eigenvalue weighted by molar-refractivity contribution is 6.34. The van der Waals surface area contributed by atoms with Crippen LogP contribution in [-0.4, -0.2) is 24.8 Å². The first-order chi connectivity index (χ1) is 21.6. The van der Waals surface area contributed by atoms with Gasteiger partial charge in [0.25, 0.3) is 5.91 Å². The SMILES string of the molecule is COC(=O)c1ccc([C@H]2C3=C(C[C@H](c4ccc(C(C)(C)C)cc4)CC3=O)Nc3ccccc3N2C(=O)c2ccccc2Cl)cc1. The summed E-state index contributed by atoms with van der Waals surface area (Å²) < 4.78 is 4.91. The summed E-state index contributed by atoms with van der Waals surface area (Å²) in [6.07, 6.45) is 0.895. The summed E-state index contributed by atoms with van der Waals surface area (Å²) in [7, 11) is 1.33. The van der Waals surface area contributed by atoms with Crippen LogP contribution in [0.2, 0.25) is 5.02 Å². The van der Waals surface area contributed by atoms with Gasteiger partial charge in [-0.25, -0.2) is 4.79 Å². The van der Waals surface area contributed by atoms with Crippen LogP contribution in [0.25, 0.3) is 0 Å². The number of halogens is 1. The van der Waals surface area contributed by atoms with Gasteiger partial charge in [0, 0.05) is 17.7 Å². The van der Waals surface area contributed by atoms with Crippen molar-refractivity contribution < 1.29 is 19.1 Å². The van der Waals surface area contributed by atoms with Crippen molar-refractivity contribution in [2.24, 2.45) is 0 Å². The van der Waals surface area contributed by atoms with E-state index in [9.17, 15) is 14.4 Å². The summed E-state index contributed by atoms with van der Waals surface area (Å²) in [6.45, 7) is 6.55. The van der Waals surface area contributed by atoms with E-state index in [1.54, 1.807) is 53.4 Å². The Balaban J connectivity index is 1.52. The lowest BCUT2D eigenvalue weighted by atomic mass is 9.77. The van der Waals surface area contributed by atoms with Crippen LogP contribution in [0, 0.1) is 0 Å². The molecule has 45 heavy (non-hydrogen) atoms. The number of rotatable bonds is 4. The summed E-state index contributed by atoms with van der Waals surface area (Å²) in [4.78, 5) is 42.8. The zero-order valence-electron chi connectivity index (χ0n) is 25.8. The molecule has 0 bridgehead atoms. The fourth-order valence-corrected chi connectivity index (χ4v) is 6.52. The molecule has 6 rings (SSSR count). The fourth-order valence-electron chi connectivity index (χ4n) is 6.30. The zero-order chi connectivity index (χ0) is 31.9. The van der Waals surface area contributed by atoms with Crippen molar-refractivity contribution in [3.05, 3.63) is 141 Å². The third-order valence-corrected chi connectivity index (χ3v) is 9.04. The van der Waals surface area contributed by atoms with Gasteiger partial charge in [-0.15, -0.1) is 0 Å². The van der Waals surface area contributed by atoms with Crippen LogP contribution in [0.1, 0.15) is 83.0 Å². The van der Waals surface area contributed by atoms with Gasteiger partial charge in [0.2, 0.25) is 0 Å². The third kappa shape index (κ3) is 5.78. The quantitative estimate of drug-likeness (QED) is 0.232. The number of carbonyl (C=O) groups excluding carboxylic acids is 3. The Morgan fingerprint density at radius 3 is 2.16 bits per heavy atom. The number of carbonyl (C=O) groups is 3. The molecule has 1 amide bonds. The van der Waals surface area contributed by atoms with Crippen molar-refractivity contribution in [3.63, 3.8) is 0 Å². The average Bonchev–Trinajstić information content (AvgIpc) is 3.19. The number of benzene rings is 4. The van der Waals surface area contributed by atoms with E-state index in [1.165, 1.54) is 12.7 Å². The fraction of sp³-hybridized carbons (Fsp3) is 0.237. The van der Waals surface area contributed by atoms with Crippen LogP contribution >= 0.6 is 11.6 Å². The van der Waals surface area contributed by atoms with Gasteiger partial charge >= 0.3 is 5.97 Å². The molecule has 228 valence electrons. The molecular formula is C38H35ClN2O4. The Hall–Kier alpha value is -4.68. The molecular weight excluding hydrogens is 584 g/mol. The molecule has 0 spiro atoms. The lowest BCUT2D eigenvalue weighted by Crippen LogP contribution is -2.38. The molecule has 0 radical (unpaired) electrons. The summed E-state index contributed by atoms with van der Waals surface area (Å²) in [5.74, 6) is -0.871. The van der Waals surface area contributed by atoms with Gasteiger partial charge in [0.05, 0.1) is 40.7 Å². The number of anilines is 2. The van der Waals surface area contributed by atoms with Crippen LogP contribution in [0.5, 0.6) is 0 Å². The normalized spacial score (nSPS) is 18.0. The largest absolute Gasteiger partial charge is 0.465 e. The smallest absolute Gasteiger partial charge is 0.337 e. The van der Waals surface area contributed by atoms with Crippen molar-refractivity contribution in [1.29, 1.82) is 0 Å². The highest BCUT2D eigenvalue weighted by Gasteiger charge is 2.42. The third-order valence-electron chi connectivity index (χ3n) is 8.71. The number of amides is 1. The number of nitrogens with zero attached hydrogens (tertiary/aromatic N) is 1. The summed E-state index contributed by atoms with van der Waals surface area (Å²) >= 11 is 6.57. The standard InChI is InChI=1S/C38H35ClN2O4/c1-38(2,3)27-19-17-23(18-20-27)26-21-31-34(33(42)22-26)35(24-13-15-25(16-14-24)37(44)45-4)41(32-12-8-7-11-30(32)40-31)36(43)28-9-5-6-10-29(28)39/h5-20,26,35,40H,21-22H2,1-4H3/t26-,35-/m0/s1. The van der Waals surface area contributed by atoms with E-state index in [1.807, 2.05) is 24.3 Å². The minimum absolute atomic E-state index is 0.0252. The molecule has 0 unspecified atom stereocenters. The first-order valence-electron chi connectivity index (χ1n) is 15.1. The van der Waals surface area contributed by atoms with Crippen LogP contribution in [0.15, 0.2) is 108 Å². The number of nitrogens with one attached hydrogen (secondary N) is 1. The highest BCUT2D eigenvalue weighted by atomic mass is 35.5. The monoisotopic (exact) mass is 618 g/mol. The van der Waals surface area contributed by atoms with E-state index in [0.29, 0.717) is 45.8 Å². The van der Waals surface area contributed by atoms with Gasteiger partial charge in [-0.1, -0.05) is 93.0 Å². The van der Waals surface area contributed by atoms with E-state index in [4.69, 9.17) is 16.3 Å². The minimum Gasteiger partial charge on any atom is -0.465 e. The lowest BCUT2D eigenvalue weighted by molar-refractivity contribution is -0.116. The van der Waals surface area contributed by atoms with Gasteiger partial charge in [0.15, 0.2) is 5.78 Å². The molecule has 1 aliphatic carbocycles. The van der Waals surface area contributed by atoms with E-state index < -0.39 is 12.0 Å². The molecule has 0 saturated carbocycles. The Morgan fingerprint density at radius 1 is 0.844 bits per heavy atom. The summed E-state index contributed by atoms with van der Waals surface area (Å²) in [5.41, 5.74) is 6.40. The van der Waals surface area contributed by atoms with Gasteiger partial charge in [-0.3, -0.25) is 14.5 Å². The maximum atomic E-state index is 14.5. The maximum absolute atomic E-state index is 14.5. The molecule has 0 saturated heterocycles. The number of hydrogen-bond donors (Lipinski definition) is 1. The van der Waals surface area contributed by atoms with E-state index >= 15 is 0 Å².